The van der Waals surface area contributed by atoms with E-state index in [1.165, 1.54) is 0 Å². The Kier molecular flexibility index (Phi) is 5.51. The van der Waals surface area contributed by atoms with Crippen LogP contribution < -0.4 is 11.1 Å². The van der Waals surface area contributed by atoms with Crippen molar-refractivity contribution >= 4 is 11.9 Å². The van der Waals surface area contributed by atoms with E-state index in [1.54, 1.807) is 24.3 Å². The van der Waals surface area contributed by atoms with Crippen LogP contribution in [0.5, 0.6) is 0 Å². The average molecular weight is 264 g/mol. The third-order valence-electron chi connectivity index (χ3n) is 2.76. The summed E-state index contributed by atoms with van der Waals surface area (Å²) in [5.41, 5.74) is 6.47. The van der Waals surface area contributed by atoms with Crippen LogP contribution in [0, 0.1) is 5.92 Å². The van der Waals surface area contributed by atoms with Gasteiger partial charge in [0, 0.05) is 0 Å². The molecule has 0 aliphatic carbocycles. The molecule has 0 radical (unpaired) electrons. The van der Waals surface area contributed by atoms with Gasteiger partial charge in [0.05, 0.1) is 0 Å². The lowest BCUT2D eigenvalue weighted by molar-refractivity contribution is -0.142. The molecular weight excluding hydrogens is 244 g/mol. The Balaban J connectivity index is 2.69. The molecule has 0 aliphatic heterocycles. The van der Waals surface area contributed by atoms with E-state index in [-0.39, 0.29) is 5.92 Å². The van der Waals surface area contributed by atoms with E-state index in [4.69, 9.17) is 10.8 Å². The van der Waals surface area contributed by atoms with E-state index in [0.29, 0.717) is 12.0 Å². The number of nitrogens with one attached hydrogen (secondary N) is 1. The zero-order valence-corrected chi connectivity index (χ0v) is 11.2. The van der Waals surface area contributed by atoms with Gasteiger partial charge in [0.15, 0.2) is 0 Å². The number of amides is 1. The Morgan fingerprint density at radius 2 is 1.84 bits per heavy atom. The zero-order chi connectivity index (χ0) is 14.4. The third-order valence-corrected chi connectivity index (χ3v) is 2.76. The lowest BCUT2D eigenvalue weighted by Gasteiger charge is -2.19. The quantitative estimate of drug-likeness (QED) is 0.722. The van der Waals surface area contributed by atoms with Gasteiger partial charge < -0.3 is 16.2 Å². The number of carboxylic acid groups (broad SMARTS) is 1. The number of rotatable bonds is 6. The summed E-state index contributed by atoms with van der Waals surface area (Å²) >= 11 is 0. The third kappa shape index (κ3) is 4.71. The molecule has 0 heterocycles. The van der Waals surface area contributed by atoms with Crippen molar-refractivity contribution in [3.8, 4) is 0 Å². The van der Waals surface area contributed by atoms with Gasteiger partial charge in [-0.2, -0.15) is 0 Å². The summed E-state index contributed by atoms with van der Waals surface area (Å²) in [4.78, 5) is 23.0. The van der Waals surface area contributed by atoms with Crippen LogP contribution in [0.3, 0.4) is 0 Å². The Hall–Kier alpha value is -1.88. The van der Waals surface area contributed by atoms with Crippen LogP contribution in [-0.2, 0) is 9.59 Å². The van der Waals surface area contributed by atoms with Crippen molar-refractivity contribution in [1.82, 2.24) is 5.32 Å². The normalized spacial score (nSPS) is 13.9. The average Bonchev–Trinajstić information content (AvgIpc) is 2.37. The van der Waals surface area contributed by atoms with Crippen LogP contribution in [0.4, 0.5) is 0 Å². The highest BCUT2D eigenvalue weighted by molar-refractivity contribution is 5.87. The number of nitrogens with two attached hydrogens (primary N) is 1. The van der Waals surface area contributed by atoms with Crippen molar-refractivity contribution in [3.63, 3.8) is 0 Å². The molecule has 1 rings (SSSR count). The second-order valence-corrected chi connectivity index (χ2v) is 4.92. The Bertz CT molecular complexity index is 432. The topological polar surface area (TPSA) is 92.4 Å². The van der Waals surface area contributed by atoms with Gasteiger partial charge in [0.25, 0.3) is 0 Å². The molecule has 19 heavy (non-hydrogen) atoms. The summed E-state index contributed by atoms with van der Waals surface area (Å²) in [6.45, 7) is 3.80. The van der Waals surface area contributed by atoms with Crippen molar-refractivity contribution < 1.29 is 14.7 Å². The first-order chi connectivity index (χ1) is 8.91. The minimum atomic E-state index is -1.04. The molecule has 1 aromatic carbocycles. The van der Waals surface area contributed by atoms with Crippen molar-refractivity contribution in [2.24, 2.45) is 11.7 Å². The fourth-order valence-corrected chi connectivity index (χ4v) is 1.77. The first kappa shape index (κ1) is 15.2. The SMILES string of the molecule is CC(C)CC(NC(=O)[C@@H](N)c1ccccc1)C(=O)O. The largest absolute Gasteiger partial charge is 0.480 e. The summed E-state index contributed by atoms with van der Waals surface area (Å²) in [5.74, 6) is -1.34. The minimum Gasteiger partial charge on any atom is -0.480 e. The van der Waals surface area contributed by atoms with Gasteiger partial charge in [-0.1, -0.05) is 44.2 Å². The highest BCUT2D eigenvalue weighted by atomic mass is 16.4. The highest BCUT2D eigenvalue weighted by Crippen LogP contribution is 2.11. The van der Waals surface area contributed by atoms with Crippen LogP contribution in [0.1, 0.15) is 31.9 Å². The molecule has 1 amide bonds. The van der Waals surface area contributed by atoms with E-state index in [2.05, 4.69) is 5.32 Å². The maximum Gasteiger partial charge on any atom is 0.326 e. The Morgan fingerprint density at radius 1 is 1.26 bits per heavy atom. The van der Waals surface area contributed by atoms with E-state index in [1.807, 2.05) is 19.9 Å². The monoisotopic (exact) mass is 264 g/mol. The summed E-state index contributed by atoms with van der Waals surface area (Å²) in [6.07, 6.45) is 0.378. The van der Waals surface area contributed by atoms with Gasteiger partial charge in [-0.05, 0) is 17.9 Å². The number of carbonyl (C=O) groups excluding carboxylic acids is 1. The first-order valence-corrected chi connectivity index (χ1v) is 6.25. The lowest BCUT2D eigenvalue weighted by Crippen LogP contribution is -2.45. The number of hydrogen-bond acceptors (Lipinski definition) is 3. The first-order valence-electron chi connectivity index (χ1n) is 6.25. The van der Waals surface area contributed by atoms with E-state index >= 15 is 0 Å². The number of benzene rings is 1. The molecule has 5 nitrogen and oxygen atoms in total. The number of aliphatic carboxylic acids is 1. The lowest BCUT2D eigenvalue weighted by atomic mass is 10.0. The van der Waals surface area contributed by atoms with E-state index < -0.39 is 24.0 Å². The van der Waals surface area contributed by atoms with Gasteiger partial charge in [0.1, 0.15) is 12.1 Å². The van der Waals surface area contributed by atoms with Gasteiger partial charge >= 0.3 is 5.97 Å². The second kappa shape index (κ2) is 6.89. The molecule has 104 valence electrons. The molecular formula is C14H20N2O3. The van der Waals surface area contributed by atoms with Gasteiger partial charge in [0.2, 0.25) is 5.91 Å². The molecule has 0 saturated carbocycles. The summed E-state index contributed by atoms with van der Waals surface area (Å²) in [5, 5.41) is 11.6. The molecule has 4 N–H and O–H groups in total. The summed E-state index contributed by atoms with van der Waals surface area (Å²) in [7, 11) is 0. The zero-order valence-electron chi connectivity index (χ0n) is 11.2. The van der Waals surface area contributed by atoms with E-state index in [9.17, 15) is 9.59 Å². The van der Waals surface area contributed by atoms with Crippen molar-refractivity contribution in [2.75, 3.05) is 0 Å². The number of carboxylic acids is 1. The predicted octanol–water partition coefficient (Wildman–Crippen LogP) is 1.30. The fraction of sp³-hybridized carbons (Fsp3) is 0.429. The maximum absolute atomic E-state index is 11.9. The summed E-state index contributed by atoms with van der Waals surface area (Å²) < 4.78 is 0. The van der Waals surface area contributed by atoms with Crippen LogP contribution in [0.2, 0.25) is 0 Å². The molecule has 0 saturated heterocycles. The van der Waals surface area contributed by atoms with Gasteiger partial charge in [-0.25, -0.2) is 4.79 Å². The van der Waals surface area contributed by atoms with Crippen LogP contribution >= 0.6 is 0 Å². The molecule has 0 aliphatic rings. The van der Waals surface area contributed by atoms with Crippen LogP contribution in [-0.4, -0.2) is 23.0 Å². The molecule has 1 aromatic rings. The molecule has 2 atom stereocenters. The molecule has 5 heteroatoms. The Morgan fingerprint density at radius 3 is 2.32 bits per heavy atom. The predicted molar refractivity (Wildman–Crippen MR) is 72.4 cm³/mol. The molecule has 1 unspecified atom stereocenters. The molecule has 0 fully saturated rings. The molecule has 0 bridgehead atoms. The number of hydrogen-bond donors (Lipinski definition) is 3. The minimum absolute atomic E-state index is 0.175. The van der Waals surface area contributed by atoms with Gasteiger partial charge in [-0.3, -0.25) is 4.79 Å². The Labute approximate surface area is 112 Å². The number of carbonyl (C=O) groups is 2. The van der Waals surface area contributed by atoms with Gasteiger partial charge in [-0.15, -0.1) is 0 Å². The molecule has 0 aromatic heterocycles. The second-order valence-electron chi connectivity index (χ2n) is 4.92. The fourth-order valence-electron chi connectivity index (χ4n) is 1.77. The standard InChI is InChI=1S/C14H20N2O3/c1-9(2)8-11(14(18)19)16-13(17)12(15)10-6-4-3-5-7-10/h3-7,9,11-12H,8,15H2,1-2H3,(H,16,17)(H,18,19)/t11?,12-/m0/s1. The maximum atomic E-state index is 11.9. The van der Waals surface area contributed by atoms with Crippen molar-refractivity contribution in [1.29, 1.82) is 0 Å². The van der Waals surface area contributed by atoms with Crippen molar-refractivity contribution in [3.05, 3.63) is 35.9 Å². The highest BCUT2D eigenvalue weighted by Gasteiger charge is 2.24. The summed E-state index contributed by atoms with van der Waals surface area (Å²) in [6, 6.07) is 7.12. The van der Waals surface area contributed by atoms with Crippen LogP contribution in [0.15, 0.2) is 30.3 Å². The van der Waals surface area contributed by atoms with E-state index in [0.717, 1.165) is 0 Å². The van der Waals surface area contributed by atoms with Crippen LogP contribution in [0.25, 0.3) is 0 Å². The molecule has 0 spiro atoms. The van der Waals surface area contributed by atoms with Crippen molar-refractivity contribution in [2.45, 2.75) is 32.4 Å². The smallest absolute Gasteiger partial charge is 0.326 e.